The quantitative estimate of drug-likeness (QED) is 0.290. The Morgan fingerprint density at radius 2 is 1.84 bits per heavy atom. The Labute approximate surface area is 217 Å². The van der Waals surface area contributed by atoms with Gasteiger partial charge in [-0.05, 0) is 80.3 Å². The van der Waals surface area contributed by atoms with Gasteiger partial charge in [0, 0.05) is 23.0 Å². The monoisotopic (exact) mass is 483 g/mol. The van der Waals surface area contributed by atoms with Crippen molar-refractivity contribution in [1.29, 1.82) is 0 Å². The number of aryl methyl sites for hydroxylation is 1. The molecule has 166 valence electrons. The number of hydrogen-bond donors (Lipinski definition) is 1. The molecule has 0 bridgehead atoms. The molecule has 3 rings (SSSR count). The van der Waals surface area contributed by atoms with Crippen LogP contribution in [0.15, 0.2) is 65.6 Å². The second-order valence-corrected chi connectivity index (χ2v) is 10.2. The maximum absolute atomic E-state index is 12.6. The number of carbonyl (C=O) groups is 1. The SMILES string of the molecule is O=C([O-])CCC/C=C\CC1(CCNS(=O)(=O)c2ccc(Cl)cc2)CCc2ccccc21.[Na+]. The number of unbranched alkanes of at least 4 members (excludes halogenated alkanes) is 1. The number of carbonyl (C=O) groups excluding carboxylic acids is 1. The van der Waals surface area contributed by atoms with E-state index in [2.05, 4.69) is 22.9 Å². The van der Waals surface area contributed by atoms with Gasteiger partial charge in [-0.25, -0.2) is 13.1 Å². The number of carboxylic acid groups (broad SMARTS) is 1. The molecular weight excluding hydrogens is 457 g/mol. The smallest absolute Gasteiger partial charge is 0.550 e. The zero-order chi connectivity index (χ0) is 22.3. The molecule has 32 heavy (non-hydrogen) atoms. The van der Waals surface area contributed by atoms with E-state index in [0.29, 0.717) is 30.8 Å². The minimum Gasteiger partial charge on any atom is -0.550 e. The Bertz CT molecular complexity index is 1040. The maximum atomic E-state index is 12.6. The van der Waals surface area contributed by atoms with Crippen LogP contribution < -0.4 is 39.4 Å². The van der Waals surface area contributed by atoms with E-state index in [-0.39, 0.29) is 46.3 Å². The number of allylic oxidation sites excluding steroid dienone is 2. The van der Waals surface area contributed by atoms with Gasteiger partial charge >= 0.3 is 29.6 Å². The van der Waals surface area contributed by atoms with E-state index in [4.69, 9.17) is 11.6 Å². The Balaban J connectivity index is 0.00000363. The van der Waals surface area contributed by atoms with Crippen LogP contribution in [0.4, 0.5) is 0 Å². The Kier molecular flexibility index (Phi) is 10.5. The van der Waals surface area contributed by atoms with Gasteiger partial charge in [-0.2, -0.15) is 0 Å². The van der Waals surface area contributed by atoms with Gasteiger partial charge in [0.2, 0.25) is 10.0 Å². The van der Waals surface area contributed by atoms with E-state index in [1.165, 1.54) is 23.3 Å². The molecule has 8 heteroatoms. The molecule has 1 aliphatic rings. The van der Waals surface area contributed by atoms with Crippen molar-refractivity contribution in [3.05, 3.63) is 76.8 Å². The summed E-state index contributed by atoms with van der Waals surface area (Å²) in [5, 5.41) is 11.0. The third kappa shape index (κ3) is 7.17. The minimum absolute atomic E-state index is 0. The van der Waals surface area contributed by atoms with Crippen molar-refractivity contribution in [1.82, 2.24) is 4.72 Å². The Hall–Kier alpha value is -1.15. The van der Waals surface area contributed by atoms with Crippen molar-refractivity contribution in [3.8, 4) is 0 Å². The third-order valence-electron chi connectivity index (χ3n) is 5.91. The normalized spacial score (nSPS) is 17.8. The number of fused-ring (bicyclic) bond motifs is 1. The second kappa shape index (κ2) is 12.4. The summed E-state index contributed by atoms with van der Waals surface area (Å²) >= 11 is 5.86. The molecule has 1 atom stereocenters. The largest absolute Gasteiger partial charge is 1.00 e. The zero-order valence-electron chi connectivity index (χ0n) is 18.3. The third-order valence-corrected chi connectivity index (χ3v) is 7.64. The fraction of sp³-hybridized carbons (Fsp3) is 0.375. The topological polar surface area (TPSA) is 86.3 Å². The maximum Gasteiger partial charge on any atom is 1.00 e. The number of nitrogens with one attached hydrogen (secondary N) is 1. The number of halogens is 1. The van der Waals surface area contributed by atoms with Gasteiger partial charge in [0.15, 0.2) is 0 Å². The van der Waals surface area contributed by atoms with Crippen molar-refractivity contribution in [2.75, 3.05) is 6.54 Å². The van der Waals surface area contributed by atoms with Crippen LogP contribution in [0, 0.1) is 0 Å². The summed E-state index contributed by atoms with van der Waals surface area (Å²) in [6.07, 6.45) is 8.83. The predicted molar refractivity (Wildman–Crippen MR) is 120 cm³/mol. The fourth-order valence-electron chi connectivity index (χ4n) is 4.25. The van der Waals surface area contributed by atoms with Crippen LogP contribution >= 0.6 is 11.6 Å². The zero-order valence-corrected chi connectivity index (χ0v) is 21.9. The Morgan fingerprint density at radius 1 is 1.12 bits per heavy atom. The number of hydrogen-bond acceptors (Lipinski definition) is 4. The van der Waals surface area contributed by atoms with Gasteiger partial charge in [-0.3, -0.25) is 0 Å². The van der Waals surface area contributed by atoms with Crippen LogP contribution in [0.2, 0.25) is 5.02 Å². The molecule has 1 unspecified atom stereocenters. The van der Waals surface area contributed by atoms with Gasteiger partial charge in [0.05, 0.1) is 4.90 Å². The molecular formula is C24H27ClNNaO4S. The molecule has 5 nitrogen and oxygen atoms in total. The molecule has 2 aromatic carbocycles. The summed E-state index contributed by atoms with van der Waals surface area (Å²) in [5.74, 6) is -1.03. The minimum atomic E-state index is -3.60. The van der Waals surface area contributed by atoms with Crippen molar-refractivity contribution in [3.63, 3.8) is 0 Å². The first-order valence-electron chi connectivity index (χ1n) is 10.5. The van der Waals surface area contributed by atoms with Gasteiger partial charge in [-0.15, -0.1) is 0 Å². The summed E-state index contributed by atoms with van der Waals surface area (Å²) in [6.45, 7) is 0.331. The van der Waals surface area contributed by atoms with Crippen LogP contribution in [0.1, 0.15) is 49.7 Å². The average molecular weight is 484 g/mol. The molecule has 0 spiro atoms. The molecule has 0 saturated carbocycles. The molecule has 0 saturated heterocycles. The first kappa shape index (κ1) is 27.1. The summed E-state index contributed by atoms with van der Waals surface area (Å²) in [6, 6.07) is 14.5. The number of rotatable bonds is 11. The average Bonchev–Trinajstić information content (AvgIpc) is 3.10. The standard InChI is InChI=1S/C24H28ClNO4S.Na/c25-20-10-12-21(13-11-20)31(29,30)26-18-17-24(15-6-2-1-3-9-23(27)28)16-14-19-7-4-5-8-22(19)24;/h2,4-8,10-13,26H,1,3,9,14-18H2,(H,27,28);/q;+1/p-1/b6-2-;. The molecule has 0 amide bonds. The van der Waals surface area contributed by atoms with Crippen LogP contribution in [0.3, 0.4) is 0 Å². The van der Waals surface area contributed by atoms with Gasteiger partial charge < -0.3 is 9.90 Å². The van der Waals surface area contributed by atoms with E-state index in [1.54, 1.807) is 12.1 Å². The first-order valence-corrected chi connectivity index (χ1v) is 12.4. The molecule has 1 aliphatic carbocycles. The van der Waals surface area contributed by atoms with Crippen LogP contribution in [-0.4, -0.2) is 20.9 Å². The summed E-state index contributed by atoms with van der Waals surface area (Å²) < 4.78 is 28.0. The number of benzene rings is 2. The van der Waals surface area contributed by atoms with Crippen molar-refractivity contribution >= 4 is 27.6 Å². The van der Waals surface area contributed by atoms with Crippen molar-refractivity contribution in [2.24, 2.45) is 0 Å². The summed E-state index contributed by atoms with van der Waals surface area (Å²) in [7, 11) is -3.60. The predicted octanol–water partition coefficient (Wildman–Crippen LogP) is 0.763. The van der Waals surface area contributed by atoms with E-state index in [1.807, 2.05) is 18.2 Å². The van der Waals surface area contributed by atoms with Crippen LogP contribution in [0.25, 0.3) is 0 Å². The number of sulfonamides is 1. The van der Waals surface area contributed by atoms with E-state index in [0.717, 1.165) is 19.3 Å². The van der Waals surface area contributed by atoms with E-state index < -0.39 is 16.0 Å². The molecule has 0 aliphatic heterocycles. The molecule has 2 aromatic rings. The molecule has 0 heterocycles. The molecule has 1 N–H and O–H groups in total. The first-order chi connectivity index (χ1) is 14.8. The van der Waals surface area contributed by atoms with E-state index in [9.17, 15) is 18.3 Å². The van der Waals surface area contributed by atoms with E-state index >= 15 is 0 Å². The van der Waals surface area contributed by atoms with Gasteiger partial charge in [-0.1, -0.05) is 48.0 Å². The fourth-order valence-corrected chi connectivity index (χ4v) is 5.41. The van der Waals surface area contributed by atoms with Crippen molar-refractivity contribution < 1.29 is 47.9 Å². The van der Waals surface area contributed by atoms with Crippen LogP contribution in [-0.2, 0) is 26.7 Å². The van der Waals surface area contributed by atoms with Gasteiger partial charge in [0.1, 0.15) is 0 Å². The molecule has 0 aromatic heterocycles. The number of aliphatic carboxylic acids is 1. The summed E-state index contributed by atoms with van der Waals surface area (Å²) in [4.78, 5) is 10.7. The number of carboxylic acids is 1. The van der Waals surface area contributed by atoms with Crippen LogP contribution in [0.5, 0.6) is 0 Å². The molecule has 0 fully saturated rings. The Morgan fingerprint density at radius 3 is 2.56 bits per heavy atom. The molecule has 0 radical (unpaired) electrons. The van der Waals surface area contributed by atoms with Gasteiger partial charge in [0.25, 0.3) is 0 Å². The summed E-state index contributed by atoms with van der Waals surface area (Å²) in [5.41, 5.74) is 2.46. The second-order valence-electron chi connectivity index (χ2n) is 7.98. The van der Waals surface area contributed by atoms with Crippen molar-refractivity contribution in [2.45, 2.75) is 55.3 Å².